The van der Waals surface area contributed by atoms with Crippen LogP contribution in [-0.4, -0.2) is 93.2 Å². The lowest BCUT2D eigenvalue weighted by atomic mass is 9.93. The molecule has 0 radical (unpaired) electrons. The highest BCUT2D eigenvalue weighted by atomic mass is 16.6. The highest BCUT2D eigenvalue weighted by Gasteiger charge is 2.47. The molecule has 4 heterocycles. The van der Waals surface area contributed by atoms with Gasteiger partial charge in [0, 0.05) is 18.1 Å². The number of nitrogens with one attached hydrogen (secondary N) is 2. The van der Waals surface area contributed by atoms with E-state index >= 15 is 0 Å². The Bertz CT molecular complexity index is 1630. The van der Waals surface area contributed by atoms with Crippen molar-refractivity contribution in [3.8, 4) is 0 Å². The Morgan fingerprint density at radius 1 is 0.957 bits per heavy atom. The largest absolute Gasteiger partial charge is 0.445 e. The fourth-order valence-electron chi connectivity index (χ4n) is 6.34. The first kappa shape index (κ1) is 31.0. The molecule has 3 aromatic rings. The van der Waals surface area contributed by atoms with Crippen LogP contribution in [0.2, 0.25) is 0 Å². The number of hydrogen-bond donors (Lipinski definition) is 3. The maximum atomic E-state index is 14.3. The number of hydrogen-bond acceptors (Lipinski definition) is 9. The van der Waals surface area contributed by atoms with E-state index in [9.17, 15) is 29.1 Å². The van der Waals surface area contributed by atoms with E-state index in [1.165, 1.54) is 16.0 Å². The summed E-state index contributed by atoms with van der Waals surface area (Å²) in [6.07, 6.45) is 1.29. The minimum absolute atomic E-state index is 0.0321. The van der Waals surface area contributed by atoms with Gasteiger partial charge in [0.1, 0.15) is 30.4 Å². The zero-order chi connectivity index (χ0) is 32.2. The quantitative estimate of drug-likeness (QED) is 0.345. The summed E-state index contributed by atoms with van der Waals surface area (Å²) in [5, 5.41) is 17.1. The van der Waals surface area contributed by atoms with Crippen LogP contribution in [0.4, 0.5) is 4.79 Å². The molecule has 240 valence electrons. The van der Waals surface area contributed by atoms with Gasteiger partial charge in [-0.25, -0.2) is 4.79 Å². The van der Waals surface area contributed by atoms with Crippen LogP contribution in [0.25, 0.3) is 10.8 Å². The van der Waals surface area contributed by atoms with E-state index in [1.54, 1.807) is 18.2 Å². The Labute approximate surface area is 264 Å². The first-order valence-electron chi connectivity index (χ1n) is 15.4. The topological polar surface area (TPSA) is 167 Å². The molecule has 0 bridgehead atoms. The van der Waals surface area contributed by atoms with Gasteiger partial charge >= 0.3 is 12.1 Å². The van der Waals surface area contributed by atoms with Crippen LogP contribution in [0.3, 0.4) is 0 Å². The van der Waals surface area contributed by atoms with E-state index in [4.69, 9.17) is 9.47 Å². The van der Waals surface area contributed by atoms with Gasteiger partial charge in [-0.05, 0) is 29.9 Å². The van der Waals surface area contributed by atoms with E-state index in [0.29, 0.717) is 31.1 Å². The van der Waals surface area contributed by atoms with E-state index in [-0.39, 0.29) is 31.8 Å². The number of aliphatic hydroxyl groups excluding tert-OH is 1. The summed E-state index contributed by atoms with van der Waals surface area (Å²) < 4.78 is 10.3. The number of carbonyl (C=O) groups excluding carboxylic acids is 5. The van der Waals surface area contributed by atoms with Crippen LogP contribution in [0.1, 0.15) is 48.2 Å². The molecular formula is C33H35N5O8. The molecule has 2 aromatic carbocycles. The summed E-state index contributed by atoms with van der Waals surface area (Å²) >= 11 is 0. The van der Waals surface area contributed by atoms with Crippen molar-refractivity contribution in [3.63, 3.8) is 0 Å². The number of fused-ring (bicyclic) bond motifs is 2. The van der Waals surface area contributed by atoms with Crippen molar-refractivity contribution in [2.75, 3.05) is 13.1 Å². The molecule has 0 spiro atoms. The number of amides is 4. The van der Waals surface area contributed by atoms with Gasteiger partial charge in [0.25, 0.3) is 5.91 Å². The Balaban J connectivity index is 1.24. The predicted molar refractivity (Wildman–Crippen MR) is 163 cm³/mol. The lowest BCUT2D eigenvalue weighted by molar-refractivity contribution is -0.156. The number of piperazine rings is 1. The molecule has 5 atom stereocenters. The minimum Gasteiger partial charge on any atom is -0.445 e. The van der Waals surface area contributed by atoms with Crippen molar-refractivity contribution < 1.29 is 38.6 Å². The maximum Gasteiger partial charge on any atom is 0.410 e. The number of aromatic nitrogens is 1. The van der Waals surface area contributed by atoms with E-state index in [0.717, 1.165) is 10.9 Å². The highest BCUT2D eigenvalue weighted by molar-refractivity contribution is 6.06. The lowest BCUT2D eigenvalue weighted by Gasteiger charge is -2.47. The van der Waals surface area contributed by atoms with Crippen molar-refractivity contribution in [1.29, 1.82) is 0 Å². The molecular weight excluding hydrogens is 594 g/mol. The molecule has 3 aliphatic heterocycles. The van der Waals surface area contributed by atoms with Crippen LogP contribution in [-0.2, 0) is 30.5 Å². The molecule has 46 heavy (non-hydrogen) atoms. The molecule has 0 saturated carbocycles. The molecule has 6 rings (SSSR count). The third-order valence-corrected chi connectivity index (χ3v) is 8.66. The van der Waals surface area contributed by atoms with Gasteiger partial charge in [-0.1, -0.05) is 67.4 Å². The van der Waals surface area contributed by atoms with E-state index in [1.807, 2.05) is 42.5 Å². The third-order valence-electron chi connectivity index (χ3n) is 8.66. The van der Waals surface area contributed by atoms with Gasteiger partial charge in [-0.15, -0.1) is 0 Å². The van der Waals surface area contributed by atoms with Crippen molar-refractivity contribution in [2.45, 2.75) is 69.2 Å². The molecule has 3 fully saturated rings. The molecule has 1 aromatic heterocycles. The highest BCUT2D eigenvalue weighted by Crippen LogP contribution is 2.27. The summed E-state index contributed by atoms with van der Waals surface area (Å²) in [4.78, 5) is 73.7. The average Bonchev–Trinajstić information content (AvgIpc) is 3.38. The molecule has 0 aliphatic carbocycles. The number of pyridine rings is 1. The van der Waals surface area contributed by atoms with Crippen molar-refractivity contribution in [2.24, 2.45) is 0 Å². The van der Waals surface area contributed by atoms with Crippen LogP contribution < -0.4 is 10.6 Å². The van der Waals surface area contributed by atoms with Gasteiger partial charge in [0.2, 0.25) is 18.1 Å². The van der Waals surface area contributed by atoms with Crippen molar-refractivity contribution >= 4 is 40.6 Å². The number of ether oxygens (including phenoxy) is 2. The van der Waals surface area contributed by atoms with E-state index < -0.39 is 60.2 Å². The van der Waals surface area contributed by atoms with Gasteiger partial charge in [0.05, 0.1) is 19.0 Å². The zero-order valence-corrected chi connectivity index (χ0v) is 25.0. The SMILES string of the molecule is O=C1CC(NC(=O)[C@@H]2CN(C(=O)OCc3ccccc3)C[C@@H]3CCCC[C@H](NC(=O)c4nccc5ccccc45)C(=O)N32)C(O)O1. The molecule has 13 heteroatoms. The molecule has 2 unspecified atom stereocenters. The molecule has 13 nitrogen and oxygen atoms in total. The number of aliphatic hydroxyl groups is 1. The van der Waals surface area contributed by atoms with Crippen LogP contribution in [0.5, 0.6) is 0 Å². The summed E-state index contributed by atoms with van der Waals surface area (Å²) in [6.45, 7) is -0.0302. The Morgan fingerprint density at radius 3 is 2.50 bits per heavy atom. The maximum absolute atomic E-state index is 14.3. The molecule has 3 aliphatic rings. The summed E-state index contributed by atoms with van der Waals surface area (Å²) in [5.74, 6) is -2.31. The second kappa shape index (κ2) is 13.5. The first-order chi connectivity index (χ1) is 22.3. The molecule has 4 amide bonds. The van der Waals surface area contributed by atoms with Gasteiger partial charge < -0.3 is 35.0 Å². The number of cyclic esters (lactones) is 1. The molecule has 3 saturated heterocycles. The van der Waals surface area contributed by atoms with Crippen LogP contribution in [0, 0.1) is 0 Å². The van der Waals surface area contributed by atoms with E-state index in [2.05, 4.69) is 15.6 Å². The van der Waals surface area contributed by atoms with Crippen molar-refractivity contribution in [1.82, 2.24) is 25.4 Å². The zero-order valence-electron chi connectivity index (χ0n) is 25.0. The van der Waals surface area contributed by atoms with Crippen LogP contribution >= 0.6 is 0 Å². The summed E-state index contributed by atoms with van der Waals surface area (Å²) in [7, 11) is 0. The van der Waals surface area contributed by atoms with Gasteiger partial charge in [-0.2, -0.15) is 0 Å². The number of nitrogens with zero attached hydrogens (tertiary/aromatic N) is 3. The summed E-state index contributed by atoms with van der Waals surface area (Å²) in [5.41, 5.74) is 0.980. The van der Waals surface area contributed by atoms with Crippen LogP contribution in [0.15, 0.2) is 66.9 Å². The van der Waals surface area contributed by atoms with Gasteiger partial charge in [0.15, 0.2) is 0 Å². The molecule has 3 N–H and O–H groups in total. The normalized spacial score (nSPS) is 24.8. The number of carbonyl (C=O) groups is 5. The Morgan fingerprint density at radius 2 is 1.72 bits per heavy atom. The minimum atomic E-state index is -1.54. The fraction of sp³-hybridized carbons (Fsp3) is 0.394. The van der Waals surface area contributed by atoms with Gasteiger partial charge in [-0.3, -0.25) is 24.2 Å². The predicted octanol–water partition coefficient (Wildman–Crippen LogP) is 1.88. The standard InChI is InChI=1S/C33H35N5O8/c39-27-16-25(32(43)46-27)36-29(40)26-18-37(33(44)45-19-20-8-2-1-3-9-20)17-22-11-5-7-13-24(31(42)38(22)26)35-30(41)28-23-12-6-4-10-21(23)14-15-34-28/h1-4,6,8-10,12,14-15,22,24-26,32,43H,5,7,11,13,16-19H2,(H,35,41)(H,36,40)/t22-,24-,25?,26-,32?/m0/s1. The Kier molecular flexibility index (Phi) is 9.11. The summed E-state index contributed by atoms with van der Waals surface area (Å²) in [6, 6.07) is 14.6. The second-order valence-corrected chi connectivity index (χ2v) is 11.8. The smallest absolute Gasteiger partial charge is 0.410 e. The second-order valence-electron chi connectivity index (χ2n) is 11.8. The monoisotopic (exact) mass is 629 g/mol. The average molecular weight is 630 g/mol. The Hall–Kier alpha value is -5.04. The third kappa shape index (κ3) is 6.64. The number of rotatable bonds is 6. The van der Waals surface area contributed by atoms with Crippen molar-refractivity contribution in [3.05, 3.63) is 78.1 Å². The number of benzene rings is 2. The lowest BCUT2D eigenvalue weighted by Crippen LogP contribution is -2.69. The number of esters is 1. The fourth-order valence-corrected chi connectivity index (χ4v) is 6.34. The first-order valence-corrected chi connectivity index (χ1v) is 15.4.